The smallest absolute Gasteiger partial charge is 0.248 e. The summed E-state index contributed by atoms with van der Waals surface area (Å²) in [5.74, 6) is 0.491. The molecule has 1 aromatic heterocycles. The number of amides is 1. The van der Waals surface area contributed by atoms with E-state index in [-0.39, 0.29) is 11.7 Å². The van der Waals surface area contributed by atoms with Crippen LogP contribution in [0.15, 0.2) is 42.5 Å². The molecule has 2 bridgehead atoms. The van der Waals surface area contributed by atoms with Crippen molar-refractivity contribution in [1.82, 2.24) is 14.7 Å². The van der Waals surface area contributed by atoms with Crippen LogP contribution in [-0.2, 0) is 11.3 Å². The summed E-state index contributed by atoms with van der Waals surface area (Å²) in [6, 6.07) is 15.4. The van der Waals surface area contributed by atoms with E-state index in [9.17, 15) is 4.79 Å². The fraction of sp³-hybridized carbons (Fsp3) is 0.588. The Morgan fingerprint density at radius 2 is 1.63 bits per heavy atom. The quantitative estimate of drug-likeness (QED) is 0.344. The lowest BCUT2D eigenvalue weighted by Gasteiger charge is -2.39. The van der Waals surface area contributed by atoms with Crippen molar-refractivity contribution in [2.24, 2.45) is 5.73 Å². The molecule has 2 saturated heterocycles. The van der Waals surface area contributed by atoms with E-state index in [4.69, 9.17) is 20.3 Å². The number of aromatic nitrogens is 2. The molecule has 41 heavy (non-hydrogen) atoms. The zero-order valence-corrected chi connectivity index (χ0v) is 24.4. The number of piperidine rings is 1. The Morgan fingerprint density at radius 3 is 2.32 bits per heavy atom. The highest BCUT2D eigenvalue weighted by Crippen LogP contribution is 2.40. The first-order valence-corrected chi connectivity index (χ1v) is 15.9. The average Bonchev–Trinajstić information content (AvgIpc) is 3.66. The largest absolute Gasteiger partial charge is 0.490 e. The lowest BCUT2D eigenvalue weighted by molar-refractivity contribution is -0.121. The van der Waals surface area contributed by atoms with Crippen molar-refractivity contribution < 1.29 is 14.3 Å². The zero-order valence-electron chi connectivity index (χ0n) is 24.4. The van der Waals surface area contributed by atoms with Gasteiger partial charge in [-0.05, 0) is 101 Å². The molecule has 0 spiro atoms. The van der Waals surface area contributed by atoms with E-state index in [2.05, 4.69) is 40.9 Å². The maximum Gasteiger partial charge on any atom is 0.248 e. The number of carbonyl (C=O) groups excluding carboxylic acids is 1. The molecule has 4 aliphatic rings. The van der Waals surface area contributed by atoms with Crippen molar-refractivity contribution in [2.45, 2.75) is 120 Å². The van der Waals surface area contributed by atoms with Gasteiger partial charge < -0.3 is 20.1 Å². The van der Waals surface area contributed by atoms with Gasteiger partial charge in [-0.1, -0.05) is 32.1 Å². The predicted molar refractivity (Wildman–Crippen MR) is 161 cm³/mol. The fourth-order valence-electron chi connectivity index (χ4n) is 8.15. The van der Waals surface area contributed by atoms with E-state index in [1.165, 1.54) is 57.8 Å². The maximum atomic E-state index is 12.1. The number of nitrogens with zero attached hydrogens (tertiary/aromatic N) is 3. The third kappa shape index (κ3) is 5.39. The third-order valence-electron chi connectivity index (χ3n) is 10.4. The van der Waals surface area contributed by atoms with Gasteiger partial charge in [-0.2, -0.15) is 5.10 Å². The highest BCUT2D eigenvalue weighted by Gasteiger charge is 2.40. The van der Waals surface area contributed by atoms with Crippen LogP contribution in [0.1, 0.15) is 93.8 Å². The number of rotatable bonds is 8. The molecule has 2 saturated carbocycles. The SMILES string of the molecule is CN1C2CCC1CC(Oc1ccc(-c3nn(CC4(OC5CCCC5)CCCCC4)c4ccc(C(N)=O)cc34)cc1)C2. The summed E-state index contributed by atoms with van der Waals surface area (Å²) >= 11 is 0. The number of fused-ring (bicyclic) bond motifs is 3. The van der Waals surface area contributed by atoms with Crippen LogP contribution in [0.5, 0.6) is 5.75 Å². The summed E-state index contributed by atoms with van der Waals surface area (Å²) in [7, 11) is 2.26. The maximum absolute atomic E-state index is 12.1. The molecule has 2 aliphatic carbocycles. The Balaban J connectivity index is 1.18. The molecule has 2 unspecified atom stereocenters. The summed E-state index contributed by atoms with van der Waals surface area (Å²) in [6.07, 6.45) is 16.1. The number of hydrogen-bond acceptors (Lipinski definition) is 5. The molecule has 7 nitrogen and oxygen atoms in total. The summed E-state index contributed by atoms with van der Waals surface area (Å²) in [5, 5.41) is 6.15. The van der Waals surface area contributed by atoms with E-state index in [0.29, 0.717) is 23.8 Å². The normalized spacial score (nSPS) is 26.5. The van der Waals surface area contributed by atoms with Crippen LogP contribution >= 0.6 is 0 Å². The second-order valence-electron chi connectivity index (χ2n) is 13.2. The molecule has 1 amide bonds. The van der Waals surface area contributed by atoms with E-state index in [0.717, 1.165) is 60.1 Å². The molecule has 3 aromatic rings. The van der Waals surface area contributed by atoms with E-state index in [1.54, 1.807) is 0 Å². The first-order valence-electron chi connectivity index (χ1n) is 15.9. The Bertz CT molecular complexity index is 1370. The number of carbonyl (C=O) groups is 1. The average molecular weight is 557 g/mol. The number of primary amides is 1. The van der Waals surface area contributed by atoms with E-state index >= 15 is 0 Å². The van der Waals surface area contributed by atoms with Crippen LogP contribution in [0.4, 0.5) is 0 Å². The summed E-state index contributed by atoms with van der Waals surface area (Å²) < 4.78 is 15.5. The van der Waals surface area contributed by atoms with Gasteiger partial charge in [-0.25, -0.2) is 0 Å². The Hall–Kier alpha value is -2.90. The minimum atomic E-state index is -0.422. The van der Waals surface area contributed by atoms with Crippen LogP contribution in [0.2, 0.25) is 0 Å². The zero-order chi connectivity index (χ0) is 28.0. The van der Waals surface area contributed by atoms with Crippen molar-refractivity contribution in [3.05, 3.63) is 48.0 Å². The molecular weight excluding hydrogens is 512 g/mol. The van der Waals surface area contributed by atoms with Crippen LogP contribution in [0.25, 0.3) is 22.2 Å². The molecule has 2 aromatic carbocycles. The second kappa shape index (κ2) is 11.1. The van der Waals surface area contributed by atoms with Crippen molar-refractivity contribution in [2.75, 3.05) is 7.05 Å². The molecule has 2 N–H and O–H groups in total. The summed E-state index contributed by atoms with van der Waals surface area (Å²) in [6.45, 7) is 0.732. The molecular formula is C34H44N4O3. The first kappa shape index (κ1) is 27.0. The monoisotopic (exact) mass is 556 g/mol. The Labute approximate surface area is 243 Å². The van der Waals surface area contributed by atoms with Crippen LogP contribution in [0.3, 0.4) is 0 Å². The number of benzene rings is 2. The summed E-state index contributed by atoms with van der Waals surface area (Å²) in [4.78, 5) is 14.7. The molecule has 2 atom stereocenters. The molecule has 2 aliphatic heterocycles. The van der Waals surface area contributed by atoms with Crippen molar-refractivity contribution in [3.8, 4) is 17.0 Å². The molecule has 7 heteroatoms. The molecule has 3 heterocycles. The van der Waals surface area contributed by atoms with E-state index < -0.39 is 5.91 Å². The fourth-order valence-corrected chi connectivity index (χ4v) is 8.15. The standard InChI is InChI=1S/C34H44N4O3/c1-37-25-12-13-26(37)21-29(20-25)40-27-14-9-23(10-15-27)32-30-19-24(33(35)39)11-16-31(30)38(36-32)22-34(17-5-2-6-18-34)41-28-7-3-4-8-28/h9-11,14-16,19,25-26,28-29H,2-8,12-13,17-18,20-22H2,1H3,(H2,35,39). The number of hydrogen-bond donors (Lipinski definition) is 1. The number of ether oxygens (including phenoxy) is 2. The molecule has 7 rings (SSSR count). The van der Waals surface area contributed by atoms with Gasteiger partial charge >= 0.3 is 0 Å². The van der Waals surface area contributed by atoms with Gasteiger partial charge in [0, 0.05) is 28.6 Å². The van der Waals surface area contributed by atoms with Gasteiger partial charge in [-0.3, -0.25) is 9.48 Å². The van der Waals surface area contributed by atoms with Gasteiger partial charge in [0.05, 0.1) is 23.8 Å². The molecule has 0 radical (unpaired) electrons. The van der Waals surface area contributed by atoms with Gasteiger partial charge in [0.25, 0.3) is 0 Å². The Morgan fingerprint density at radius 1 is 0.927 bits per heavy atom. The second-order valence-corrected chi connectivity index (χ2v) is 13.2. The van der Waals surface area contributed by atoms with Crippen molar-refractivity contribution >= 4 is 16.8 Å². The van der Waals surface area contributed by atoms with Gasteiger partial charge in [-0.15, -0.1) is 0 Å². The van der Waals surface area contributed by atoms with Gasteiger partial charge in [0.2, 0.25) is 5.91 Å². The predicted octanol–water partition coefficient (Wildman–Crippen LogP) is 6.47. The van der Waals surface area contributed by atoms with E-state index in [1.807, 2.05) is 18.2 Å². The number of nitrogens with two attached hydrogens (primary N) is 1. The van der Waals surface area contributed by atoms with Gasteiger partial charge in [0.15, 0.2) is 0 Å². The lowest BCUT2D eigenvalue weighted by Crippen LogP contribution is -2.43. The first-order chi connectivity index (χ1) is 20.0. The van der Waals surface area contributed by atoms with Crippen LogP contribution < -0.4 is 10.5 Å². The highest BCUT2D eigenvalue weighted by atomic mass is 16.5. The molecule has 218 valence electrons. The van der Waals surface area contributed by atoms with Crippen molar-refractivity contribution in [3.63, 3.8) is 0 Å². The minimum absolute atomic E-state index is 0.184. The highest BCUT2D eigenvalue weighted by molar-refractivity contribution is 6.01. The summed E-state index contributed by atoms with van der Waals surface area (Å²) in [5.41, 5.74) is 8.93. The lowest BCUT2D eigenvalue weighted by atomic mass is 9.84. The minimum Gasteiger partial charge on any atom is -0.490 e. The van der Waals surface area contributed by atoms with Crippen LogP contribution in [0, 0.1) is 0 Å². The van der Waals surface area contributed by atoms with Gasteiger partial charge in [0.1, 0.15) is 17.5 Å². The molecule has 4 fully saturated rings. The Kier molecular flexibility index (Phi) is 7.28. The van der Waals surface area contributed by atoms with Crippen LogP contribution in [-0.4, -0.2) is 57.5 Å². The van der Waals surface area contributed by atoms with Crippen molar-refractivity contribution in [1.29, 1.82) is 0 Å². The third-order valence-corrected chi connectivity index (χ3v) is 10.4. The topological polar surface area (TPSA) is 82.6 Å².